The normalized spacial score (nSPS) is 12.1. The molecule has 166 valence electrons. The highest BCUT2D eigenvalue weighted by atomic mass is 32.2. The van der Waals surface area contributed by atoms with Crippen molar-refractivity contribution in [3.63, 3.8) is 0 Å². The molecule has 0 aliphatic carbocycles. The number of carbonyl (C=O) groups is 1. The maximum absolute atomic E-state index is 12.7. The zero-order valence-electron chi connectivity index (χ0n) is 16.2. The molecular weight excluding hydrogens is 441 g/mol. The van der Waals surface area contributed by atoms with Gasteiger partial charge in [-0.15, -0.1) is 13.2 Å². The summed E-state index contributed by atoms with van der Waals surface area (Å²) >= 11 is 0. The Hall–Kier alpha value is -3.25. The lowest BCUT2D eigenvalue weighted by Crippen LogP contribution is -2.31. The molecule has 2 N–H and O–H groups in total. The van der Waals surface area contributed by atoms with Crippen LogP contribution in [0, 0.1) is 0 Å². The van der Waals surface area contributed by atoms with Gasteiger partial charge in [-0.1, -0.05) is 6.07 Å². The third-order valence-corrected chi connectivity index (χ3v) is 5.53. The quantitative estimate of drug-likeness (QED) is 0.585. The van der Waals surface area contributed by atoms with Crippen molar-refractivity contribution in [3.8, 4) is 5.75 Å². The van der Waals surface area contributed by atoms with Gasteiger partial charge in [-0.05, 0) is 35.9 Å². The summed E-state index contributed by atoms with van der Waals surface area (Å²) in [6, 6.07) is 8.94. The Morgan fingerprint density at radius 2 is 1.87 bits per heavy atom. The van der Waals surface area contributed by atoms with Crippen LogP contribution in [0.4, 0.5) is 18.9 Å². The molecule has 8 nitrogen and oxygen atoms in total. The average molecular weight is 458 g/mol. The molecule has 3 rings (SSSR count). The molecule has 0 atom stereocenters. The number of fused-ring (bicyclic) bond motifs is 1. The lowest BCUT2D eigenvalue weighted by molar-refractivity contribution is -0.275. The fourth-order valence-electron chi connectivity index (χ4n) is 2.71. The summed E-state index contributed by atoms with van der Waals surface area (Å²) in [5.74, 6) is -2.59. The largest absolute Gasteiger partial charge is 0.573 e. The second kappa shape index (κ2) is 8.12. The zero-order valence-corrected chi connectivity index (χ0v) is 17.0. The number of anilines is 1. The molecule has 2 aromatic carbocycles. The number of sulfonamides is 1. The van der Waals surface area contributed by atoms with Crippen LogP contribution in [0.15, 0.2) is 51.8 Å². The van der Waals surface area contributed by atoms with E-state index in [0.717, 1.165) is 23.9 Å². The van der Waals surface area contributed by atoms with Gasteiger partial charge in [0.2, 0.25) is 0 Å². The van der Waals surface area contributed by atoms with E-state index in [0.29, 0.717) is 11.0 Å². The number of nitrogens with one attached hydrogen (secondary N) is 1. The summed E-state index contributed by atoms with van der Waals surface area (Å²) in [5.41, 5.74) is 1.09. The van der Waals surface area contributed by atoms with Crippen LogP contribution in [-0.2, 0) is 16.6 Å². The van der Waals surface area contributed by atoms with E-state index in [1.54, 1.807) is 41.9 Å². The minimum Gasteiger partial charge on any atom is -0.451 e. The number of aliphatic hydroxyl groups is 1. The lowest BCUT2D eigenvalue weighted by Gasteiger charge is -2.14. The predicted molar refractivity (Wildman–Crippen MR) is 104 cm³/mol. The van der Waals surface area contributed by atoms with Gasteiger partial charge in [0.05, 0.1) is 6.61 Å². The van der Waals surface area contributed by atoms with Crippen LogP contribution in [-0.4, -0.2) is 39.9 Å². The Bertz CT molecular complexity index is 1240. The third kappa shape index (κ3) is 5.09. The molecule has 0 fully saturated rings. The summed E-state index contributed by atoms with van der Waals surface area (Å²) < 4.78 is 74.1. The molecular formula is C19H17F3N2O6S. The van der Waals surface area contributed by atoms with Gasteiger partial charge < -0.3 is 19.2 Å². The number of furan rings is 1. The number of carbonyl (C=O) groups excluding carboxylic acids is 1. The van der Waals surface area contributed by atoms with Crippen molar-refractivity contribution in [2.24, 2.45) is 0 Å². The predicted octanol–water partition coefficient (Wildman–Crippen LogP) is 3.01. The molecule has 31 heavy (non-hydrogen) atoms. The smallest absolute Gasteiger partial charge is 0.451 e. The molecule has 0 saturated carbocycles. The van der Waals surface area contributed by atoms with Gasteiger partial charge in [-0.25, -0.2) is 13.1 Å². The fourth-order valence-corrected chi connectivity index (χ4v) is 3.84. The van der Waals surface area contributed by atoms with E-state index >= 15 is 0 Å². The van der Waals surface area contributed by atoms with Crippen LogP contribution in [0.25, 0.3) is 11.0 Å². The average Bonchev–Trinajstić information content (AvgIpc) is 3.10. The number of aliphatic hydroxyl groups excluding tert-OH is 1. The topological polar surface area (TPSA) is 109 Å². The monoisotopic (exact) mass is 458 g/mol. The summed E-state index contributed by atoms with van der Waals surface area (Å²) in [5, 5.41) is 9.71. The first-order valence-corrected chi connectivity index (χ1v) is 10.2. The molecule has 0 aliphatic rings. The molecule has 3 aromatic rings. The second-order valence-electron chi connectivity index (χ2n) is 6.65. The molecule has 0 spiro atoms. The van der Waals surface area contributed by atoms with Crippen molar-refractivity contribution < 1.29 is 40.6 Å². The zero-order chi connectivity index (χ0) is 23.0. The molecule has 12 heteroatoms. The number of rotatable bonds is 6. The summed E-state index contributed by atoms with van der Waals surface area (Å²) in [4.78, 5) is 13.3. The molecule has 0 saturated heterocycles. The Balaban J connectivity index is 1.94. The van der Waals surface area contributed by atoms with Gasteiger partial charge in [-0.3, -0.25) is 4.79 Å². The highest BCUT2D eigenvalue weighted by molar-refractivity contribution is 7.90. The SMILES string of the molecule is CN(C)c1ccc2cc(C(=O)NS(=O)(=O)c3cc(CO)ccc3OC(F)(F)F)oc2c1. The van der Waals surface area contributed by atoms with Crippen molar-refractivity contribution in [1.82, 2.24) is 4.72 Å². The Kier molecular flexibility index (Phi) is 5.87. The number of ether oxygens (including phenoxy) is 1. The van der Waals surface area contributed by atoms with Crippen LogP contribution >= 0.6 is 0 Å². The van der Waals surface area contributed by atoms with Gasteiger partial charge in [0, 0.05) is 31.2 Å². The van der Waals surface area contributed by atoms with Crippen molar-refractivity contribution in [1.29, 1.82) is 0 Å². The molecule has 0 unspecified atom stereocenters. The number of halogens is 3. The van der Waals surface area contributed by atoms with Gasteiger partial charge >= 0.3 is 12.3 Å². The maximum Gasteiger partial charge on any atom is 0.573 e. The van der Waals surface area contributed by atoms with E-state index in [1.807, 2.05) is 0 Å². The molecule has 1 heterocycles. The van der Waals surface area contributed by atoms with Gasteiger partial charge in [0.25, 0.3) is 10.0 Å². The lowest BCUT2D eigenvalue weighted by atomic mass is 10.2. The van der Waals surface area contributed by atoms with Crippen LogP contribution in [0.3, 0.4) is 0 Å². The fraction of sp³-hybridized carbons (Fsp3) is 0.211. The molecule has 1 aromatic heterocycles. The van der Waals surface area contributed by atoms with Crippen molar-refractivity contribution in [2.45, 2.75) is 17.9 Å². The first-order chi connectivity index (χ1) is 14.4. The van der Waals surface area contributed by atoms with Gasteiger partial charge in [-0.2, -0.15) is 0 Å². The Labute approximate surface area is 174 Å². The summed E-state index contributed by atoms with van der Waals surface area (Å²) in [6.07, 6.45) is -5.17. The standard InChI is InChI=1S/C19H17F3N2O6S/c1-24(2)13-5-4-12-8-16(29-15(12)9-13)18(26)23-31(27,28)17-7-11(10-25)3-6-14(17)30-19(20,21)22/h3-9,25H,10H2,1-2H3,(H,23,26). The number of benzene rings is 2. The second-order valence-corrected chi connectivity index (χ2v) is 8.30. The Morgan fingerprint density at radius 1 is 1.16 bits per heavy atom. The Morgan fingerprint density at radius 3 is 2.48 bits per heavy atom. The van der Waals surface area contributed by atoms with Crippen molar-refractivity contribution in [2.75, 3.05) is 19.0 Å². The highest BCUT2D eigenvalue weighted by Crippen LogP contribution is 2.31. The number of hydrogen-bond donors (Lipinski definition) is 2. The minimum atomic E-state index is -5.17. The number of hydrogen-bond acceptors (Lipinski definition) is 7. The van der Waals surface area contributed by atoms with Gasteiger partial charge in [0.1, 0.15) is 16.2 Å². The summed E-state index contributed by atoms with van der Waals surface area (Å²) in [7, 11) is -1.21. The van der Waals surface area contributed by atoms with Crippen LogP contribution in [0.5, 0.6) is 5.75 Å². The van der Waals surface area contributed by atoms with E-state index in [9.17, 15) is 31.5 Å². The minimum absolute atomic E-state index is 0.00213. The highest BCUT2D eigenvalue weighted by Gasteiger charge is 2.35. The van der Waals surface area contributed by atoms with E-state index in [2.05, 4.69) is 4.74 Å². The first kappa shape index (κ1) is 22.4. The van der Waals surface area contributed by atoms with E-state index in [-0.39, 0.29) is 11.3 Å². The van der Waals surface area contributed by atoms with E-state index in [1.165, 1.54) is 6.07 Å². The van der Waals surface area contributed by atoms with Crippen molar-refractivity contribution in [3.05, 3.63) is 53.8 Å². The van der Waals surface area contributed by atoms with Crippen LogP contribution in [0.1, 0.15) is 16.1 Å². The van der Waals surface area contributed by atoms with Crippen LogP contribution in [0.2, 0.25) is 0 Å². The molecule has 0 bridgehead atoms. The van der Waals surface area contributed by atoms with Crippen LogP contribution < -0.4 is 14.4 Å². The first-order valence-electron chi connectivity index (χ1n) is 8.67. The number of nitrogens with zero attached hydrogens (tertiary/aromatic N) is 1. The molecule has 0 aliphatic heterocycles. The molecule has 1 amide bonds. The van der Waals surface area contributed by atoms with Gasteiger partial charge in [0.15, 0.2) is 5.76 Å². The van der Waals surface area contributed by atoms with Crippen molar-refractivity contribution >= 4 is 32.6 Å². The molecule has 0 radical (unpaired) electrons. The van der Waals surface area contributed by atoms with E-state index < -0.39 is 39.5 Å². The third-order valence-electron chi connectivity index (χ3n) is 4.18. The summed E-state index contributed by atoms with van der Waals surface area (Å²) in [6.45, 7) is -0.638. The number of alkyl halides is 3. The maximum atomic E-state index is 12.7. The number of amides is 1. The van der Waals surface area contributed by atoms with E-state index in [4.69, 9.17) is 4.42 Å².